The summed E-state index contributed by atoms with van der Waals surface area (Å²) < 4.78 is 5.82. The maximum atomic E-state index is 12.2. The van der Waals surface area contributed by atoms with E-state index in [9.17, 15) is 4.79 Å². The van der Waals surface area contributed by atoms with E-state index in [4.69, 9.17) is 4.74 Å². The van der Waals surface area contributed by atoms with Crippen LogP contribution in [0, 0.1) is 17.8 Å². The molecule has 1 saturated heterocycles. The Hall–Kier alpha value is -1.55. The van der Waals surface area contributed by atoms with E-state index in [-0.39, 0.29) is 5.91 Å². The summed E-state index contributed by atoms with van der Waals surface area (Å²) in [5.74, 6) is 2.87. The van der Waals surface area contributed by atoms with Crippen LogP contribution in [0.1, 0.15) is 37.7 Å². The Labute approximate surface area is 144 Å². The lowest BCUT2D eigenvalue weighted by atomic mass is 10.1. The van der Waals surface area contributed by atoms with E-state index in [1.807, 2.05) is 12.1 Å². The van der Waals surface area contributed by atoms with Crippen LogP contribution in [0.2, 0.25) is 0 Å². The van der Waals surface area contributed by atoms with Gasteiger partial charge in [0.2, 0.25) is 5.91 Å². The Bertz CT molecular complexity index is 556. The Morgan fingerprint density at radius 3 is 2.50 bits per heavy atom. The Morgan fingerprint density at radius 2 is 1.79 bits per heavy atom. The molecule has 2 aliphatic carbocycles. The lowest BCUT2D eigenvalue weighted by Gasteiger charge is -2.15. The van der Waals surface area contributed by atoms with Gasteiger partial charge in [0.1, 0.15) is 12.4 Å². The van der Waals surface area contributed by atoms with Gasteiger partial charge < -0.3 is 10.1 Å². The zero-order valence-corrected chi connectivity index (χ0v) is 14.4. The monoisotopic (exact) mass is 328 g/mol. The van der Waals surface area contributed by atoms with Crippen molar-refractivity contribution in [3.63, 3.8) is 0 Å². The minimum atomic E-state index is 0.260. The first-order valence-electron chi connectivity index (χ1n) is 9.53. The molecule has 24 heavy (non-hydrogen) atoms. The fraction of sp³-hybridized carbons (Fsp3) is 0.650. The standard InChI is InChI=1S/C20H28N2O2/c23-20(19-17-4-3-5-18(17)19)21-14-15-6-8-16(9-7-15)24-13-12-22-10-1-2-11-22/h6-9,17-19H,1-5,10-14H2,(H,21,23). The molecule has 2 saturated carbocycles. The lowest BCUT2D eigenvalue weighted by molar-refractivity contribution is -0.123. The van der Waals surface area contributed by atoms with Crippen LogP contribution >= 0.6 is 0 Å². The topological polar surface area (TPSA) is 41.6 Å². The van der Waals surface area contributed by atoms with Crippen LogP contribution < -0.4 is 10.1 Å². The molecule has 0 aromatic heterocycles. The summed E-state index contributed by atoms with van der Waals surface area (Å²) in [6, 6.07) is 8.13. The normalized spacial score (nSPS) is 28.6. The molecule has 0 radical (unpaired) electrons. The third-order valence-corrected chi connectivity index (χ3v) is 5.97. The molecule has 4 rings (SSSR count). The fourth-order valence-corrected chi connectivity index (χ4v) is 4.52. The predicted molar refractivity (Wildman–Crippen MR) is 93.8 cm³/mol. The van der Waals surface area contributed by atoms with E-state index in [0.717, 1.165) is 24.5 Å². The summed E-state index contributed by atoms with van der Waals surface area (Å²) in [5, 5.41) is 3.10. The Balaban J connectivity index is 1.17. The highest BCUT2D eigenvalue weighted by molar-refractivity contribution is 5.82. The molecule has 1 aliphatic heterocycles. The summed E-state index contributed by atoms with van der Waals surface area (Å²) in [4.78, 5) is 14.6. The maximum Gasteiger partial charge on any atom is 0.223 e. The number of fused-ring (bicyclic) bond motifs is 1. The van der Waals surface area contributed by atoms with Gasteiger partial charge in [-0.1, -0.05) is 18.6 Å². The number of hydrogen-bond donors (Lipinski definition) is 1. The Kier molecular flexibility index (Phi) is 4.74. The van der Waals surface area contributed by atoms with Gasteiger partial charge >= 0.3 is 0 Å². The van der Waals surface area contributed by atoms with Crippen molar-refractivity contribution in [3.05, 3.63) is 29.8 Å². The molecular formula is C20H28N2O2. The number of benzene rings is 1. The van der Waals surface area contributed by atoms with Crippen LogP contribution in [-0.2, 0) is 11.3 Å². The zero-order chi connectivity index (χ0) is 16.4. The van der Waals surface area contributed by atoms with Gasteiger partial charge in [-0.3, -0.25) is 9.69 Å². The highest BCUT2D eigenvalue weighted by Crippen LogP contribution is 2.57. The fourth-order valence-electron chi connectivity index (χ4n) is 4.52. The molecular weight excluding hydrogens is 300 g/mol. The smallest absolute Gasteiger partial charge is 0.223 e. The number of likely N-dealkylation sites (tertiary alicyclic amines) is 1. The largest absolute Gasteiger partial charge is 0.492 e. The van der Waals surface area contributed by atoms with Crippen molar-refractivity contribution in [3.8, 4) is 5.75 Å². The molecule has 1 aromatic carbocycles. The van der Waals surface area contributed by atoms with E-state index >= 15 is 0 Å². The van der Waals surface area contributed by atoms with Crippen LogP contribution in [0.3, 0.4) is 0 Å². The molecule has 1 N–H and O–H groups in total. The van der Waals surface area contributed by atoms with Gasteiger partial charge in [-0.15, -0.1) is 0 Å². The van der Waals surface area contributed by atoms with Crippen molar-refractivity contribution in [2.75, 3.05) is 26.2 Å². The third-order valence-electron chi connectivity index (χ3n) is 5.97. The zero-order valence-electron chi connectivity index (χ0n) is 14.4. The average molecular weight is 328 g/mol. The molecule has 0 bridgehead atoms. The minimum absolute atomic E-state index is 0.260. The Morgan fingerprint density at radius 1 is 1.08 bits per heavy atom. The predicted octanol–water partition coefficient (Wildman–Crippen LogP) is 2.82. The lowest BCUT2D eigenvalue weighted by Crippen LogP contribution is -2.26. The number of nitrogens with zero attached hydrogens (tertiary/aromatic N) is 1. The van der Waals surface area contributed by atoms with Crippen molar-refractivity contribution in [1.82, 2.24) is 10.2 Å². The highest BCUT2D eigenvalue weighted by atomic mass is 16.5. The second kappa shape index (κ2) is 7.14. The SMILES string of the molecule is O=C(NCc1ccc(OCCN2CCCC2)cc1)C1C2CCCC21. The second-order valence-electron chi connectivity index (χ2n) is 7.54. The first kappa shape index (κ1) is 15.9. The van der Waals surface area contributed by atoms with Crippen LogP contribution in [0.25, 0.3) is 0 Å². The van der Waals surface area contributed by atoms with Gasteiger partial charge in [0.15, 0.2) is 0 Å². The van der Waals surface area contributed by atoms with Crippen LogP contribution in [-0.4, -0.2) is 37.0 Å². The second-order valence-corrected chi connectivity index (χ2v) is 7.54. The van der Waals surface area contributed by atoms with Crippen molar-refractivity contribution >= 4 is 5.91 Å². The summed E-state index contributed by atoms with van der Waals surface area (Å²) in [5.41, 5.74) is 1.14. The number of nitrogens with one attached hydrogen (secondary N) is 1. The third kappa shape index (κ3) is 3.59. The van der Waals surface area contributed by atoms with Gasteiger partial charge in [0.05, 0.1) is 0 Å². The number of carbonyl (C=O) groups excluding carboxylic acids is 1. The molecule has 1 amide bonds. The van der Waals surface area contributed by atoms with Crippen molar-refractivity contribution in [1.29, 1.82) is 0 Å². The molecule has 4 nitrogen and oxygen atoms in total. The summed E-state index contributed by atoms with van der Waals surface area (Å²) in [6.45, 7) is 4.82. The molecule has 3 fully saturated rings. The minimum Gasteiger partial charge on any atom is -0.492 e. The average Bonchev–Trinajstić information content (AvgIpc) is 3.01. The van der Waals surface area contributed by atoms with Gasteiger partial charge in [0, 0.05) is 19.0 Å². The molecule has 3 aliphatic rings. The first-order chi connectivity index (χ1) is 11.8. The van der Waals surface area contributed by atoms with Crippen LogP contribution in [0.15, 0.2) is 24.3 Å². The highest BCUT2D eigenvalue weighted by Gasteiger charge is 2.56. The number of ether oxygens (including phenoxy) is 1. The van der Waals surface area contributed by atoms with Gasteiger partial charge in [-0.2, -0.15) is 0 Å². The van der Waals surface area contributed by atoms with E-state index in [1.165, 1.54) is 45.2 Å². The number of carbonyl (C=O) groups is 1. The first-order valence-corrected chi connectivity index (χ1v) is 9.53. The van der Waals surface area contributed by atoms with Gasteiger partial charge in [0.25, 0.3) is 0 Å². The molecule has 2 atom stereocenters. The number of rotatable bonds is 7. The number of amides is 1. The number of hydrogen-bond acceptors (Lipinski definition) is 3. The van der Waals surface area contributed by atoms with Crippen LogP contribution in [0.5, 0.6) is 5.75 Å². The molecule has 1 heterocycles. The van der Waals surface area contributed by atoms with E-state index in [1.54, 1.807) is 0 Å². The summed E-state index contributed by atoms with van der Waals surface area (Å²) in [6.07, 6.45) is 6.47. The van der Waals surface area contributed by atoms with Crippen LogP contribution in [0.4, 0.5) is 0 Å². The quantitative estimate of drug-likeness (QED) is 0.837. The molecule has 0 spiro atoms. The maximum absolute atomic E-state index is 12.2. The van der Waals surface area contributed by atoms with Gasteiger partial charge in [-0.25, -0.2) is 0 Å². The summed E-state index contributed by atoms with van der Waals surface area (Å²) in [7, 11) is 0. The van der Waals surface area contributed by atoms with E-state index < -0.39 is 0 Å². The van der Waals surface area contributed by atoms with Crippen molar-refractivity contribution in [2.24, 2.45) is 17.8 Å². The molecule has 2 unspecified atom stereocenters. The van der Waals surface area contributed by atoms with Gasteiger partial charge in [-0.05, 0) is 68.3 Å². The van der Waals surface area contributed by atoms with E-state index in [2.05, 4.69) is 22.3 Å². The molecule has 4 heteroatoms. The molecule has 130 valence electrons. The van der Waals surface area contributed by atoms with E-state index in [0.29, 0.717) is 24.3 Å². The molecule has 1 aromatic rings. The summed E-state index contributed by atoms with van der Waals surface area (Å²) >= 11 is 0. The van der Waals surface area contributed by atoms with Crippen molar-refractivity contribution < 1.29 is 9.53 Å². The van der Waals surface area contributed by atoms with Crippen molar-refractivity contribution in [2.45, 2.75) is 38.6 Å².